The maximum Gasteiger partial charge on any atom is 0.296 e. The quantitative estimate of drug-likeness (QED) is 0.427. The predicted molar refractivity (Wildman–Crippen MR) is 121 cm³/mol. The first-order valence-corrected chi connectivity index (χ1v) is 10.5. The van der Waals surface area contributed by atoms with Gasteiger partial charge in [-0.05, 0) is 36.2 Å². The molecule has 0 aliphatic carbocycles. The molecule has 1 amide bonds. The monoisotopic (exact) mass is 486 g/mol. The van der Waals surface area contributed by atoms with Gasteiger partial charge in [-0.2, -0.15) is 5.10 Å². The molecule has 0 unspecified atom stereocenters. The molecule has 0 bridgehead atoms. The Balaban J connectivity index is 1.85. The third kappa shape index (κ3) is 4.29. The van der Waals surface area contributed by atoms with Crippen LogP contribution in [0.2, 0.25) is 5.02 Å². The second kappa shape index (κ2) is 9.10. The van der Waals surface area contributed by atoms with Crippen molar-refractivity contribution in [3.63, 3.8) is 0 Å². The molecule has 0 fully saturated rings. The molecule has 4 rings (SSSR count). The van der Waals surface area contributed by atoms with E-state index >= 15 is 0 Å². The number of hydrogen-bond donors (Lipinski definition) is 2. The molecule has 12 heteroatoms. The van der Waals surface area contributed by atoms with E-state index in [4.69, 9.17) is 11.6 Å². The Morgan fingerprint density at radius 1 is 1.32 bits per heavy atom. The molecular formula is C22H20ClFN6O4. The molecule has 2 N–H and O–H groups in total. The molecule has 0 spiro atoms. The van der Waals surface area contributed by atoms with Crippen LogP contribution in [0, 0.1) is 12.7 Å². The summed E-state index contributed by atoms with van der Waals surface area (Å²) in [5, 5.41) is 20.9. The number of carbonyl (C=O) groups is 1. The lowest BCUT2D eigenvalue weighted by Crippen LogP contribution is -2.30. The average Bonchev–Trinajstić information content (AvgIpc) is 3.46. The number of rotatable bonds is 6. The molecule has 3 aromatic heterocycles. The van der Waals surface area contributed by atoms with Crippen molar-refractivity contribution in [1.29, 1.82) is 0 Å². The molecule has 2 atom stereocenters. The van der Waals surface area contributed by atoms with Crippen molar-refractivity contribution in [1.82, 2.24) is 24.5 Å². The van der Waals surface area contributed by atoms with Gasteiger partial charge in [0.15, 0.2) is 5.69 Å². The van der Waals surface area contributed by atoms with Gasteiger partial charge in [0, 0.05) is 24.2 Å². The molecule has 1 aromatic carbocycles. The van der Waals surface area contributed by atoms with Crippen LogP contribution in [0.1, 0.15) is 46.3 Å². The molecule has 3 heterocycles. The molecule has 10 nitrogen and oxygen atoms in total. The number of carbonyl (C=O) groups excluding carboxylic acids is 1. The number of aryl methyl sites for hydroxylation is 1. The van der Waals surface area contributed by atoms with E-state index in [2.05, 4.69) is 25.1 Å². The zero-order valence-corrected chi connectivity index (χ0v) is 19.1. The lowest BCUT2D eigenvalue weighted by Gasteiger charge is -2.27. The number of halogens is 2. The number of nitrogens with one attached hydrogen (secondary N) is 1. The lowest BCUT2D eigenvalue weighted by molar-refractivity contribution is 0.101. The summed E-state index contributed by atoms with van der Waals surface area (Å²) in [4.78, 5) is 29.9. The van der Waals surface area contributed by atoms with E-state index in [1.807, 2.05) is 6.92 Å². The molecule has 34 heavy (non-hydrogen) atoms. The van der Waals surface area contributed by atoms with Crippen LogP contribution in [0.5, 0.6) is 5.75 Å². The fraction of sp³-hybridized carbons (Fsp3) is 0.227. The van der Waals surface area contributed by atoms with Crippen LogP contribution >= 0.6 is 11.6 Å². The van der Waals surface area contributed by atoms with Gasteiger partial charge in [0.05, 0.1) is 18.4 Å². The van der Waals surface area contributed by atoms with E-state index in [-0.39, 0.29) is 11.5 Å². The van der Waals surface area contributed by atoms with Crippen molar-refractivity contribution in [3.05, 3.63) is 86.9 Å². The van der Waals surface area contributed by atoms with Crippen molar-refractivity contribution in [2.24, 2.45) is 7.05 Å². The average molecular weight is 487 g/mol. The van der Waals surface area contributed by atoms with Crippen LogP contribution in [-0.4, -0.2) is 35.5 Å². The van der Waals surface area contributed by atoms with Crippen molar-refractivity contribution in [2.45, 2.75) is 25.8 Å². The Morgan fingerprint density at radius 2 is 2.09 bits per heavy atom. The smallest absolute Gasteiger partial charge is 0.296 e. The highest BCUT2D eigenvalue weighted by Gasteiger charge is 2.31. The lowest BCUT2D eigenvalue weighted by atomic mass is 9.93. The highest BCUT2D eigenvalue weighted by molar-refractivity contribution is 6.31. The van der Waals surface area contributed by atoms with Crippen molar-refractivity contribution in [3.8, 4) is 5.75 Å². The number of hydrogen-bond acceptors (Lipinski definition) is 7. The SMILES string of the molecule is Cc1cnn([C@@H](c2cc(F)ccc2Cl)[C@H](C)c2nc(C(=O)Nc3cnoc3)c(O)c(=O)n2C)c1. The number of anilines is 1. The molecule has 0 aliphatic heterocycles. The van der Waals surface area contributed by atoms with E-state index < -0.39 is 40.7 Å². The first-order chi connectivity index (χ1) is 16.2. The minimum atomic E-state index is -0.831. The zero-order chi connectivity index (χ0) is 24.6. The van der Waals surface area contributed by atoms with E-state index in [0.717, 1.165) is 10.1 Å². The normalized spacial score (nSPS) is 13.0. The van der Waals surface area contributed by atoms with E-state index in [1.165, 1.54) is 37.7 Å². The predicted octanol–water partition coefficient (Wildman–Crippen LogP) is 3.42. The summed E-state index contributed by atoms with van der Waals surface area (Å²) < 4.78 is 21.6. The summed E-state index contributed by atoms with van der Waals surface area (Å²) in [6, 6.07) is 3.28. The summed E-state index contributed by atoms with van der Waals surface area (Å²) >= 11 is 6.42. The second-order valence-electron chi connectivity index (χ2n) is 7.80. The topological polar surface area (TPSA) is 128 Å². The highest BCUT2D eigenvalue weighted by atomic mass is 35.5. The summed E-state index contributed by atoms with van der Waals surface area (Å²) in [6.07, 6.45) is 5.82. The molecule has 0 saturated carbocycles. The summed E-state index contributed by atoms with van der Waals surface area (Å²) in [6.45, 7) is 3.59. The molecular weight excluding hydrogens is 467 g/mol. The first-order valence-electron chi connectivity index (χ1n) is 10.1. The summed E-state index contributed by atoms with van der Waals surface area (Å²) in [5.41, 5.74) is 0.180. The maximum atomic E-state index is 14.2. The van der Waals surface area contributed by atoms with Gasteiger partial charge < -0.3 is 14.9 Å². The molecule has 176 valence electrons. The largest absolute Gasteiger partial charge is 0.501 e. The van der Waals surface area contributed by atoms with Gasteiger partial charge in [-0.25, -0.2) is 9.37 Å². The van der Waals surface area contributed by atoms with Crippen LogP contribution in [0.3, 0.4) is 0 Å². The maximum absolute atomic E-state index is 14.2. The minimum Gasteiger partial charge on any atom is -0.501 e. The molecule has 0 aliphatic rings. The number of aromatic nitrogens is 5. The summed E-state index contributed by atoms with van der Waals surface area (Å²) in [7, 11) is 1.42. The van der Waals surface area contributed by atoms with Crippen LogP contribution in [-0.2, 0) is 7.05 Å². The van der Waals surface area contributed by atoms with Crippen molar-refractivity contribution >= 4 is 23.2 Å². The zero-order valence-electron chi connectivity index (χ0n) is 18.4. The van der Waals surface area contributed by atoms with E-state index in [9.17, 15) is 19.1 Å². The third-order valence-electron chi connectivity index (χ3n) is 5.38. The molecule has 4 aromatic rings. The minimum absolute atomic E-state index is 0.150. The Labute approximate surface area is 197 Å². The number of amides is 1. The number of benzene rings is 1. The molecule has 0 saturated heterocycles. The van der Waals surface area contributed by atoms with E-state index in [1.54, 1.807) is 24.0 Å². The van der Waals surface area contributed by atoms with Crippen LogP contribution < -0.4 is 10.9 Å². The first kappa shape index (κ1) is 23.2. The van der Waals surface area contributed by atoms with Gasteiger partial charge in [-0.1, -0.05) is 23.7 Å². The summed E-state index contributed by atoms with van der Waals surface area (Å²) in [5.74, 6) is -2.64. The third-order valence-corrected chi connectivity index (χ3v) is 5.72. The van der Waals surface area contributed by atoms with E-state index in [0.29, 0.717) is 10.6 Å². The number of aromatic hydroxyl groups is 1. The molecule has 0 radical (unpaired) electrons. The van der Waals surface area contributed by atoms with Gasteiger partial charge in [0.1, 0.15) is 23.6 Å². The fourth-order valence-corrected chi connectivity index (χ4v) is 3.97. The Hall–Kier alpha value is -3.99. The Kier molecular flexibility index (Phi) is 6.20. The Morgan fingerprint density at radius 3 is 2.74 bits per heavy atom. The van der Waals surface area contributed by atoms with Crippen molar-refractivity contribution < 1.29 is 18.8 Å². The standard InChI is InChI=1S/C22H20ClFN6O4/c1-11-7-25-30(9-11)18(15-6-13(24)4-5-16(15)23)12(2)20-28-17(19(31)22(33)29(20)3)21(32)27-14-8-26-34-10-14/h4-10,12,18,31H,1-3H3,(H,27,32)/t12-,18+/m0/s1. The fourth-order valence-electron chi connectivity index (χ4n) is 3.74. The number of nitrogens with zero attached hydrogens (tertiary/aromatic N) is 5. The van der Waals surface area contributed by atoms with Gasteiger partial charge in [0.2, 0.25) is 5.75 Å². The van der Waals surface area contributed by atoms with Gasteiger partial charge in [-0.15, -0.1) is 0 Å². The van der Waals surface area contributed by atoms with Crippen LogP contribution in [0.25, 0.3) is 0 Å². The highest BCUT2D eigenvalue weighted by Crippen LogP contribution is 2.37. The van der Waals surface area contributed by atoms with Gasteiger partial charge in [-0.3, -0.25) is 18.8 Å². The van der Waals surface area contributed by atoms with Gasteiger partial charge in [0.25, 0.3) is 11.5 Å². The van der Waals surface area contributed by atoms with Crippen LogP contribution in [0.15, 0.2) is 52.4 Å². The van der Waals surface area contributed by atoms with Crippen LogP contribution in [0.4, 0.5) is 10.1 Å². The Bertz CT molecular complexity index is 1420. The second-order valence-corrected chi connectivity index (χ2v) is 8.20. The van der Waals surface area contributed by atoms with Gasteiger partial charge >= 0.3 is 0 Å². The van der Waals surface area contributed by atoms with Crippen molar-refractivity contribution in [2.75, 3.05) is 5.32 Å².